The Morgan fingerprint density at radius 1 is 1.00 bits per heavy atom. The van der Waals surface area contributed by atoms with Crippen LogP contribution in [0.25, 0.3) is 0 Å². The first-order valence-electron chi connectivity index (χ1n) is 6.28. The van der Waals surface area contributed by atoms with E-state index >= 15 is 0 Å². The Bertz CT molecular complexity index is 691. The maximum atomic E-state index is 10.5. The Kier molecular flexibility index (Phi) is 4.31. The lowest BCUT2D eigenvalue weighted by Gasteiger charge is -2.21. The van der Waals surface area contributed by atoms with Gasteiger partial charge in [-0.1, -0.05) is 29.3 Å². The summed E-state index contributed by atoms with van der Waals surface area (Å²) in [6.45, 7) is 0.978. The van der Waals surface area contributed by atoms with Crippen molar-refractivity contribution in [3.63, 3.8) is 0 Å². The predicted molar refractivity (Wildman–Crippen MR) is 85.7 cm³/mol. The zero-order valence-corrected chi connectivity index (χ0v) is 13.9. The van der Waals surface area contributed by atoms with E-state index < -0.39 is 6.10 Å². The van der Waals surface area contributed by atoms with Crippen molar-refractivity contribution in [2.45, 2.75) is 6.10 Å². The average molecular weight is 390 g/mol. The fourth-order valence-corrected chi connectivity index (χ4v) is 2.92. The van der Waals surface area contributed by atoms with Crippen LogP contribution in [0.4, 0.5) is 0 Å². The minimum absolute atomic E-state index is 0.429. The topological polar surface area (TPSA) is 38.7 Å². The van der Waals surface area contributed by atoms with Crippen LogP contribution in [0.1, 0.15) is 17.2 Å². The molecule has 0 aromatic heterocycles. The number of hydrogen-bond acceptors (Lipinski definition) is 3. The van der Waals surface area contributed by atoms with Crippen molar-refractivity contribution >= 4 is 39.1 Å². The largest absolute Gasteiger partial charge is 0.486 e. The van der Waals surface area contributed by atoms with Gasteiger partial charge in [0.1, 0.15) is 19.3 Å². The van der Waals surface area contributed by atoms with Gasteiger partial charge in [-0.2, -0.15) is 0 Å². The molecule has 0 saturated heterocycles. The maximum absolute atomic E-state index is 10.5. The third-order valence-corrected chi connectivity index (χ3v) is 4.76. The van der Waals surface area contributed by atoms with E-state index in [1.165, 1.54) is 0 Å². The van der Waals surface area contributed by atoms with Gasteiger partial charge >= 0.3 is 0 Å². The van der Waals surface area contributed by atoms with Crippen LogP contribution in [-0.4, -0.2) is 18.3 Å². The van der Waals surface area contributed by atoms with E-state index in [2.05, 4.69) is 15.9 Å². The van der Waals surface area contributed by atoms with E-state index in [1.54, 1.807) is 30.3 Å². The SMILES string of the molecule is OC(c1ccc(Cl)c(Br)c1)c1cc2c(cc1Cl)OCCO2. The zero-order chi connectivity index (χ0) is 15.0. The Balaban J connectivity index is 2.00. The normalized spacial score (nSPS) is 14.9. The number of halogens is 3. The van der Waals surface area contributed by atoms with Crippen molar-refractivity contribution in [2.24, 2.45) is 0 Å². The Hall–Kier alpha value is -0.940. The number of aliphatic hydroxyl groups is 1. The molecule has 6 heteroatoms. The summed E-state index contributed by atoms with van der Waals surface area (Å²) in [5, 5.41) is 11.6. The summed E-state index contributed by atoms with van der Waals surface area (Å²) in [7, 11) is 0. The van der Waals surface area contributed by atoms with Crippen molar-refractivity contribution < 1.29 is 14.6 Å². The van der Waals surface area contributed by atoms with Crippen LogP contribution in [0.15, 0.2) is 34.8 Å². The third-order valence-electron chi connectivity index (χ3n) is 3.22. The van der Waals surface area contributed by atoms with Gasteiger partial charge in [0.2, 0.25) is 0 Å². The molecule has 1 atom stereocenters. The first-order chi connectivity index (χ1) is 10.1. The first-order valence-corrected chi connectivity index (χ1v) is 7.83. The number of ether oxygens (including phenoxy) is 2. The van der Waals surface area contributed by atoms with Gasteiger partial charge in [0, 0.05) is 16.1 Å². The van der Waals surface area contributed by atoms with Crippen LogP contribution in [0.2, 0.25) is 10.0 Å². The molecule has 3 nitrogen and oxygen atoms in total. The molecule has 0 radical (unpaired) electrons. The summed E-state index contributed by atoms with van der Waals surface area (Å²) in [5.74, 6) is 1.19. The van der Waals surface area contributed by atoms with Crippen LogP contribution in [0.3, 0.4) is 0 Å². The smallest absolute Gasteiger partial charge is 0.162 e. The number of rotatable bonds is 2. The highest BCUT2D eigenvalue weighted by Crippen LogP contribution is 2.40. The van der Waals surface area contributed by atoms with E-state index in [4.69, 9.17) is 32.7 Å². The molecule has 1 aliphatic heterocycles. The van der Waals surface area contributed by atoms with E-state index in [0.29, 0.717) is 45.9 Å². The van der Waals surface area contributed by atoms with Crippen LogP contribution in [0.5, 0.6) is 11.5 Å². The molecule has 0 saturated carbocycles. The quantitative estimate of drug-likeness (QED) is 0.815. The summed E-state index contributed by atoms with van der Waals surface area (Å²) < 4.78 is 11.7. The Morgan fingerprint density at radius 3 is 2.33 bits per heavy atom. The van der Waals surface area contributed by atoms with Crippen molar-refractivity contribution in [1.82, 2.24) is 0 Å². The minimum Gasteiger partial charge on any atom is -0.486 e. The lowest BCUT2D eigenvalue weighted by molar-refractivity contribution is 0.169. The molecule has 1 aliphatic rings. The molecule has 2 aromatic rings. The molecule has 1 heterocycles. The fourth-order valence-electron chi connectivity index (χ4n) is 2.15. The van der Waals surface area contributed by atoms with Gasteiger partial charge in [0.05, 0.1) is 10.0 Å². The zero-order valence-electron chi connectivity index (χ0n) is 10.8. The summed E-state index contributed by atoms with van der Waals surface area (Å²) >= 11 is 15.6. The number of hydrogen-bond donors (Lipinski definition) is 1. The van der Waals surface area contributed by atoms with Gasteiger partial charge in [-0.3, -0.25) is 0 Å². The van der Waals surface area contributed by atoms with E-state index in [1.807, 2.05) is 0 Å². The van der Waals surface area contributed by atoms with Gasteiger partial charge < -0.3 is 14.6 Å². The standard InChI is InChI=1S/C15H11BrCl2O3/c16-10-5-8(1-2-11(10)17)15(19)9-6-13-14(7-12(9)18)21-4-3-20-13/h1-2,5-7,15,19H,3-4H2. The molecule has 0 bridgehead atoms. The Morgan fingerprint density at radius 2 is 1.67 bits per heavy atom. The molecule has 110 valence electrons. The van der Waals surface area contributed by atoms with E-state index in [9.17, 15) is 5.11 Å². The second-order valence-electron chi connectivity index (χ2n) is 4.59. The molecule has 0 aliphatic carbocycles. The van der Waals surface area contributed by atoms with Gasteiger partial charge in [0.25, 0.3) is 0 Å². The van der Waals surface area contributed by atoms with Crippen molar-refractivity contribution in [1.29, 1.82) is 0 Å². The van der Waals surface area contributed by atoms with Gasteiger partial charge in [-0.25, -0.2) is 0 Å². The summed E-state index contributed by atoms with van der Waals surface area (Å²) in [5.41, 5.74) is 1.25. The predicted octanol–water partition coefficient (Wildman–Crippen LogP) is 4.61. The fraction of sp³-hybridized carbons (Fsp3) is 0.200. The highest BCUT2D eigenvalue weighted by Gasteiger charge is 2.20. The van der Waals surface area contributed by atoms with E-state index in [-0.39, 0.29) is 0 Å². The van der Waals surface area contributed by atoms with Gasteiger partial charge in [-0.05, 0) is 39.7 Å². The second kappa shape index (κ2) is 6.05. The lowest BCUT2D eigenvalue weighted by Crippen LogP contribution is -2.16. The van der Waals surface area contributed by atoms with Crippen molar-refractivity contribution in [2.75, 3.05) is 13.2 Å². The Labute approximate surface area is 140 Å². The maximum Gasteiger partial charge on any atom is 0.162 e. The van der Waals surface area contributed by atoms with E-state index in [0.717, 1.165) is 4.47 Å². The molecule has 3 rings (SSSR count). The lowest BCUT2D eigenvalue weighted by atomic mass is 10.0. The highest BCUT2D eigenvalue weighted by molar-refractivity contribution is 9.10. The van der Waals surface area contributed by atoms with Crippen LogP contribution in [-0.2, 0) is 0 Å². The van der Waals surface area contributed by atoms with Crippen LogP contribution < -0.4 is 9.47 Å². The molecule has 2 aromatic carbocycles. The molecular weight excluding hydrogens is 379 g/mol. The monoisotopic (exact) mass is 388 g/mol. The molecule has 21 heavy (non-hydrogen) atoms. The van der Waals surface area contributed by atoms with Crippen LogP contribution >= 0.6 is 39.1 Å². The number of aliphatic hydroxyl groups excluding tert-OH is 1. The molecule has 0 spiro atoms. The van der Waals surface area contributed by atoms with Crippen molar-refractivity contribution in [3.8, 4) is 11.5 Å². The number of benzene rings is 2. The van der Waals surface area contributed by atoms with Gasteiger partial charge in [-0.15, -0.1) is 0 Å². The molecule has 1 unspecified atom stereocenters. The summed E-state index contributed by atoms with van der Waals surface area (Å²) in [6, 6.07) is 8.62. The molecule has 0 fully saturated rings. The third kappa shape index (κ3) is 2.99. The summed E-state index contributed by atoms with van der Waals surface area (Å²) in [4.78, 5) is 0. The molecular formula is C15H11BrCl2O3. The molecule has 0 amide bonds. The van der Waals surface area contributed by atoms with Crippen LogP contribution in [0, 0.1) is 0 Å². The number of fused-ring (bicyclic) bond motifs is 1. The first kappa shape index (κ1) is 15.0. The average Bonchev–Trinajstić information content (AvgIpc) is 2.48. The highest BCUT2D eigenvalue weighted by atomic mass is 79.9. The van der Waals surface area contributed by atoms with Gasteiger partial charge in [0.15, 0.2) is 11.5 Å². The second-order valence-corrected chi connectivity index (χ2v) is 6.26. The molecule has 1 N–H and O–H groups in total. The summed E-state index contributed by atoms with van der Waals surface area (Å²) in [6.07, 6.45) is -0.873. The minimum atomic E-state index is -0.873. The van der Waals surface area contributed by atoms with Crippen molar-refractivity contribution in [3.05, 3.63) is 56.0 Å².